The van der Waals surface area contributed by atoms with Crippen molar-refractivity contribution in [2.24, 2.45) is 0 Å². The second kappa shape index (κ2) is 23.4. The van der Waals surface area contributed by atoms with Crippen LogP contribution in [0.4, 0.5) is 51.2 Å². The predicted molar refractivity (Wildman–Crippen MR) is 428 cm³/mol. The summed E-state index contributed by atoms with van der Waals surface area (Å²) in [5.74, 6) is -0.00342. The molecule has 0 N–H and O–H groups in total. The summed E-state index contributed by atoms with van der Waals surface area (Å²) in [5.41, 5.74) is 33.8. The molecule has 0 amide bonds. The molecule has 0 radical (unpaired) electrons. The summed E-state index contributed by atoms with van der Waals surface area (Å²) in [6.07, 6.45) is 0. The number of fused-ring (bicyclic) bond motifs is 10. The molecule has 0 spiro atoms. The Morgan fingerprint density at radius 2 is 0.670 bits per heavy atom. The van der Waals surface area contributed by atoms with E-state index in [1.54, 1.807) is 0 Å². The van der Waals surface area contributed by atoms with E-state index in [0.717, 1.165) is 51.2 Å². The first-order chi connectivity index (χ1) is 48.1. The van der Waals surface area contributed by atoms with Crippen LogP contribution < -0.4 is 31.1 Å². The predicted octanol–water partition coefficient (Wildman–Crippen LogP) is 24.0. The molecule has 0 bridgehead atoms. The van der Waals surface area contributed by atoms with Gasteiger partial charge in [0.15, 0.2) is 0 Å². The van der Waals surface area contributed by atoms with Crippen molar-refractivity contribution in [3.05, 3.63) is 330 Å². The average Bonchev–Trinajstić information content (AvgIpc) is 0.697. The van der Waals surface area contributed by atoms with Crippen molar-refractivity contribution in [1.82, 2.24) is 4.57 Å². The lowest BCUT2D eigenvalue weighted by molar-refractivity contribution is 0.589. The summed E-state index contributed by atoms with van der Waals surface area (Å²) >= 11 is 0. The molecular formula is C95H85BN4. The van der Waals surface area contributed by atoms with Gasteiger partial charge in [-0.3, -0.25) is 0 Å². The highest BCUT2D eigenvalue weighted by Crippen LogP contribution is 2.54. The molecule has 2 aliphatic heterocycles. The minimum absolute atomic E-state index is 0.00342. The highest BCUT2D eigenvalue weighted by Gasteiger charge is 2.45. The van der Waals surface area contributed by atoms with Gasteiger partial charge in [0, 0.05) is 67.9 Å². The Kier molecular flexibility index (Phi) is 14.6. The van der Waals surface area contributed by atoms with E-state index in [1.807, 2.05) is 0 Å². The van der Waals surface area contributed by atoms with Crippen LogP contribution in [0.15, 0.2) is 291 Å². The number of rotatable bonds is 9. The van der Waals surface area contributed by atoms with E-state index in [-0.39, 0.29) is 34.3 Å². The first-order valence-electron chi connectivity index (χ1n) is 35.8. The molecule has 0 fully saturated rings. The molecule has 0 saturated heterocycles. The van der Waals surface area contributed by atoms with Crippen LogP contribution in [0.25, 0.3) is 60.9 Å². The Hall–Kier alpha value is -10.9. The number of hydrogen-bond donors (Lipinski definition) is 0. The lowest BCUT2D eigenvalue weighted by Crippen LogP contribution is -2.61. The molecular weight excluding hydrogens is 1210 g/mol. The third-order valence-corrected chi connectivity index (χ3v) is 21.7. The van der Waals surface area contributed by atoms with Gasteiger partial charge in [-0.25, -0.2) is 0 Å². The third-order valence-electron chi connectivity index (χ3n) is 21.7. The Balaban J connectivity index is 0.971. The van der Waals surface area contributed by atoms with Gasteiger partial charge in [-0.1, -0.05) is 271 Å². The molecule has 0 unspecified atom stereocenters. The summed E-state index contributed by atoms with van der Waals surface area (Å²) in [7, 11) is 0. The van der Waals surface area contributed by atoms with Crippen molar-refractivity contribution in [3.8, 4) is 39.1 Å². The monoisotopic (exact) mass is 1290 g/mol. The molecule has 4 nitrogen and oxygen atoms in total. The summed E-state index contributed by atoms with van der Waals surface area (Å²) < 4.78 is 2.54. The molecule has 14 aromatic rings. The van der Waals surface area contributed by atoms with Gasteiger partial charge in [0.2, 0.25) is 0 Å². The van der Waals surface area contributed by atoms with Gasteiger partial charge in [-0.2, -0.15) is 0 Å². The molecule has 488 valence electrons. The van der Waals surface area contributed by atoms with Crippen LogP contribution in [0.5, 0.6) is 0 Å². The van der Waals surface area contributed by atoms with Crippen LogP contribution in [-0.2, 0) is 21.7 Å². The van der Waals surface area contributed by atoms with Gasteiger partial charge >= 0.3 is 0 Å². The minimum atomic E-state index is -0.178. The van der Waals surface area contributed by atoms with Gasteiger partial charge in [0.1, 0.15) is 0 Å². The van der Waals surface area contributed by atoms with E-state index in [4.69, 9.17) is 0 Å². The minimum Gasteiger partial charge on any atom is -0.311 e. The second-order valence-corrected chi connectivity index (χ2v) is 32.2. The Bertz CT molecular complexity index is 5330. The van der Waals surface area contributed by atoms with Crippen molar-refractivity contribution in [2.45, 2.75) is 111 Å². The van der Waals surface area contributed by atoms with E-state index in [1.165, 1.54) is 116 Å². The Labute approximate surface area is 591 Å². The molecule has 3 heterocycles. The van der Waals surface area contributed by atoms with Crippen LogP contribution in [-0.4, -0.2) is 11.3 Å². The molecule has 0 atom stereocenters. The molecule has 5 heteroatoms. The Morgan fingerprint density at radius 1 is 0.300 bits per heavy atom. The first-order valence-corrected chi connectivity index (χ1v) is 35.8. The summed E-state index contributed by atoms with van der Waals surface area (Å²) in [6, 6.07) is 111. The zero-order chi connectivity index (χ0) is 68.7. The highest BCUT2D eigenvalue weighted by atomic mass is 15.2. The van der Waals surface area contributed by atoms with Gasteiger partial charge in [0.25, 0.3) is 6.71 Å². The van der Waals surface area contributed by atoms with Crippen LogP contribution in [0.1, 0.15) is 128 Å². The number of anilines is 9. The van der Waals surface area contributed by atoms with E-state index < -0.39 is 0 Å². The fraction of sp³-hybridized carbons (Fsp3) is 0.179. The van der Waals surface area contributed by atoms with Crippen LogP contribution in [0, 0.1) is 0 Å². The van der Waals surface area contributed by atoms with Crippen molar-refractivity contribution >= 4 is 96.1 Å². The standard InChI is InChI=1S/C95H85BN4/c1-92(2,3)66-38-47-76-78(54-66)79-55-67(93(4,5)6)39-48-77(79)90(76)65-37-49-82-86(53-65)98(72-42-33-63(34-43-72)61-25-17-13-18-26-61)88-59-75(97(70-29-21-15-22-30-70)71-31-23-16-24-32-71)60-89-91(88)96(82)83-50-46-74(58-87(83)99(89)73-44-35-64(36-45-73)62-27-19-14-20-28-62)100-84-51-40-68(94(7,8)9)56-80(84)81-57-69(95(10,11)12)41-52-85(81)100/h13-60,90H,1-12H3. The summed E-state index contributed by atoms with van der Waals surface area (Å²) in [6.45, 7) is 27.8. The topological polar surface area (TPSA) is 14.7 Å². The molecule has 13 aromatic carbocycles. The SMILES string of the molecule is CC(C)(C)c1ccc2c(c1)-c1cc(C(C)(C)C)ccc1C2c1ccc2c(c1)N(c1ccc(-c3ccccc3)cc1)c1cc(N(c3ccccc3)c3ccccc3)cc3c1B2c1ccc(-n2c4ccc(C(C)(C)C)cc4c4cc(C(C)(C)C)ccc42)cc1N3c1ccc(-c2ccccc2)cc1. The number of benzene rings is 13. The van der Waals surface area contributed by atoms with Crippen molar-refractivity contribution in [3.63, 3.8) is 0 Å². The maximum atomic E-state index is 2.62. The average molecular weight is 1290 g/mol. The smallest absolute Gasteiger partial charge is 0.252 e. The number of hydrogen-bond acceptors (Lipinski definition) is 3. The van der Waals surface area contributed by atoms with Crippen molar-refractivity contribution in [2.75, 3.05) is 14.7 Å². The number of para-hydroxylation sites is 2. The second-order valence-electron chi connectivity index (χ2n) is 32.2. The third kappa shape index (κ3) is 10.6. The zero-order valence-electron chi connectivity index (χ0n) is 59.7. The zero-order valence-corrected chi connectivity index (χ0v) is 59.7. The fourth-order valence-electron chi connectivity index (χ4n) is 16.2. The fourth-order valence-corrected chi connectivity index (χ4v) is 16.2. The lowest BCUT2D eigenvalue weighted by atomic mass is 9.33. The van der Waals surface area contributed by atoms with E-state index in [2.05, 4.69) is 394 Å². The van der Waals surface area contributed by atoms with E-state index in [9.17, 15) is 0 Å². The highest BCUT2D eigenvalue weighted by molar-refractivity contribution is 7.00. The normalized spacial score (nSPS) is 13.5. The molecule has 0 saturated carbocycles. The Morgan fingerprint density at radius 3 is 1.10 bits per heavy atom. The number of nitrogens with zero attached hydrogens (tertiary/aromatic N) is 4. The van der Waals surface area contributed by atoms with E-state index >= 15 is 0 Å². The lowest BCUT2D eigenvalue weighted by Gasteiger charge is -2.45. The first kappa shape index (κ1) is 62.6. The quantitative estimate of drug-likeness (QED) is 0.134. The molecule has 1 aliphatic carbocycles. The molecule has 17 rings (SSSR count). The van der Waals surface area contributed by atoms with Crippen LogP contribution in [0.2, 0.25) is 0 Å². The van der Waals surface area contributed by atoms with Gasteiger partial charge in [-0.05, 0) is 214 Å². The molecule has 1 aromatic heterocycles. The van der Waals surface area contributed by atoms with Crippen LogP contribution in [0.3, 0.4) is 0 Å². The van der Waals surface area contributed by atoms with Crippen molar-refractivity contribution < 1.29 is 0 Å². The number of aromatic nitrogens is 1. The maximum Gasteiger partial charge on any atom is 0.252 e. The molecule has 100 heavy (non-hydrogen) atoms. The van der Waals surface area contributed by atoms with Crippen molar-refractivity contribution in [1.29, 1.82) is 0 Å². The van der Waals surface area contributed by atoms with Gasteiger partial charge in [0.05, 0.1) is 16.7 Å². The summed E-state index contributed by atoms with van der Waals surface area (Å²) in [4.78, 5) is 7.68. The summed E-state index contributed by atoms with van der Waals surface area (Å²) in [5, 5.41) is 2.54. The van der Waals surface area contributed by atoms with E-state index in [0.29, 0.717) is 0 Å². The van der Waals surface area contributed by atoms with Crippen LogP contribution >= 0.6 is 0 Å². The molecule has 3 aliphatic rings. The largest absolute Gasteiger partial charge is 0.311 e. The van der Waals surface area contributed by atoms with Gasteiger partial charge in [-0.15, -0.1) is 0 Å². The maximum absolute atomic E-state index is 2.62. The van der Waals surface area contributed by atoms with Gasteiger partial charge < -0.3 is 19.3 Å².